The van der Waals surface area contributed by atoms with E-state index in [0.717, 1.165) is 30.7 Å². The minimum Gasteiger partial charge on any atom is -0.480 e. The molecule has 1 saturated heterocycles. The van der Waals surface area contributed by atoms with Gasteiger partial charge in [-0.1, -0.05) is 18.2 Å². The quantitative estimate of drug-likeness (QED) is 0.847. The lowest BCUT2D eigenvalue weighted by Gasteiger charge is -2.25. The van der Waals surface area contributed by atoms with Crippen LogP contribution in [0.25, 0.3) is 0 Å². The number of hydrogen-bond acceptors (Lipinski definition) is 3. The van der Waals surface area contributed by atoms with Crippen molar-refractivity contribution in [2.75, 3.05) is 13.2 Å². The highest BCUT2D eigenvalue weighted by atomic mass is 16.5. The first-order valence-corrected chi connectivity index (χ1v) is 6.45. The number of carbonyl (C=O) groups is 1. The topological polar surface area (TPSA) is 49.8 Å². The Bertz CT molecular complexity index is 435. The standard InChI is InChI=1S/C14H17NO3/c16-9-11-5-3-7-15(11)14(17)13-8-10-4-1-2-6-12(10)18-13/h1-2,4,6,11,13,16H,3,5,7-9H2. The second-order valence-electron chi connectivity index (χ2n) is 4.93. The van der Waals surface area contributed by atoms with Gasteiger partial charge in [-0.05, 0) is 24.5 Å². The molecule has 96 valence electrons. The molecular weight excluding hydrogens is 230 g/mol. The largest absolute Gasteiger partial charge is 0.480 e. The van der Waals surface area contributed by atoms with Crippen molar-refractivity contribution in [3.8, 4) is 5.75 Å². The highest BCUT2D eigenvalue weighted by Gasteiger charge is 2.36. The normalized spacial score (nSPS) is 25.9. The zero-order valence-corrected chi connectivity index (χ0v) is 10.2. The fourth-order valence-electron chi connectivity index (χ4n) is 2.82. The number of amides is 1. The Balaban J connectivity index is 1.72. The number of aliphatic hydroxyl groups is 1. The summed E-state index contributed by atoms with van der Waals surface area (Å²) in [5, 5.41) is 9.27. The number of fused-ring (bicyclic) bond motifs is 1. The first kappa shape index (κ1) is 11.5. The SMILES string of the molecule is O=C(C1Cc2ccccc2O1)N1CCCC1CO. The van der Waals surface area contributed by atoms with Gasteiger partial charge in [0.15, 0.2) is 6.10 Å². The molecule has 2 aliphatic heterocycles. The monoisotopic (exact) mass is 247 g/mol. The Kier molecular flexibility index (Phi) is 2.96. The van der Waals surface area contributed by atoms with Crippen molar-refractivity contribution < 1.29 is 14.6 Å². The number of nitrogens with zero attached hydrogens (tertiary/aromatic N) is 1. The van der Waals surface area contributed by atoms with Crippen molar-refractivity contribution in [2.24, 2.45) is 0 Å². The van der Waals surface area contributed by atoms with E-state index in [2.05, 4.69) is 0 Å². The highest BCUT2D eigenvalue weighted by molar-refractivity contribution is 5.83. The van der Waals surface area contributed by atoms with Crippen molar-refractivity contribution >= 4 is 5.91 Å². The molecule has 1 amide bonds. The van der Waals surface area contributed by atoms with Gasteiger partial charge in [-0.2, -0.15) is 0 Å². The minimum absolute atomic E-state index is 0.0164. The maximum atomic E-state index is 12.4. The van der Waals surface area contributed by atoms with Crippen LogP contribution in [0.4, 0.5) is 0 Å². The molecule has 0 saturated carbocycles. The molecular formula is C14H17NO3. The van der Waals surface area contributed by atoms with Crippen LogP contribution in [0, 0.1) is 0 Å². The highest BCUT2D eigenvalue weighted by Crippen LogP contribution is 2.30. The fraction of sp³-hybridized carbons (Fsp3) is 0.500. The van der Waals surface area contributed by atoms with Crippen LogP contribution in [0.2, 0.25) is 0 Å². The maximum absolute atomic E-state index is 12.4. The van der Waals surface area contributed by atoms with Gasteiger partial charge in [0, 0.05) is 13.0 Å². The molecule has 0 aromatic heterocycles. The van der Waals surface area contributed by atoms with Crippen molar-refractivity contribution in [3.05, 3.63) is 29.8 Å². The van der Waals surface area contributed by atoms with Crippen LogP contribution in [-0.4, -0.2) is 41.2 Å². The summed E-state index contributed by atoms with van der Waals surface area (Å²) in [7, 11) is 0. The van der Waals surface area contributed by atoms with Crippen molar-refractivity contribution in [2.45, 2.75) is 31.4 Å². The van der Waals surface area contributed by atoms with Gasteiger partial charge in [-0.25, -0.2) is 0 Å². The number of carbonyl (C=O) groups excluding carboxylic acids is 1. The smallest absolute Gasteiger partial charge is 0.264 e. The second kappa shape index (κ2) is 4.61. The van der Waals surface area contributed by atoms with Gasteiger partial charge in [0.2, 0.25) is 0 Å². The molecule has 3 rings (SSSR count). The Hall–Kier alpha value is -1.55. The number of rotatable bonds is 2. The third-order valence-electron chi connectivity index (χ3n) is 3.79. The lowest BCUT2D eigenvalue weighted by atomic mass is 10.1. The molecule has 4 heteroatoms. The predicted molar refractivity (Wildman–Crippen MR) is 66.4 cm³/mol. The lowest BCUT2D eigenvalue weighted by Crippen LogP contribution is -2.45. The van der Waals surface area contributed by atoms with Crippen LogP contribution in [0.3, 0.4) is 0 Å². The van der Waals surface area contributed by atoms with E-state index in [4.69, 9.17) is 4.74 Å². The molecule has 0 spiro atoms. The Morgan fingerprint density at radius 2 is 2.28 bits per heavy atom. The van der Waals surface area contributed by atoms with Gasteiger partial charge < -0.3 is 14.7 Å². The van der Waals surface area contributed by atoms with Gasteiger partial charge in [0.1, 0.15) is 5.75 Å². The van der Waals surface area contributed by atoms with E-state index >= 15 is 0 Å². The second-order valence-corrected chi connectivity index (χ2v) is 4.93. The average Bonchev–Trinajstić information content (AvgIpc) is 3.03. The van der Waals surface area contributed by atoms with E-state index in [1.807, 2.05) is 24.3 Å². The van der Waals surface area contributed by atoms with Gasteiger partial charge in [-0.3, -0.25) is 4.79 Å². The number of ether oxygens (including phenoxy) is 1. The molecule has 1 aromatic rings. The van der Waals surface area contributed by atoms with Crippen LogP contribution in [-0.2, 0) is 11.2 Å². The van der Waals surface area contributed by atoms with Crippen LogP contribution >= 0.6 is 0 Å². The van der Waals surface area contributed by atoms with E-state index in [0.29, 0.717) is 6.42 Å². The van der Waals surface area contributed by atoms with Crippen LogP contribution in [0.5, 0.6) is 5.75 Å². The van der Waals surface area contributed by atoms with Crippen LogP contribution in [0.15, 0.2) is 24.3 Å². The van der Waals surface area contributed by atoms with Gasteiger partial charge in [0.05, 0.1) is 12.6 Å². The number of hydrogen-bond donors (Lipinski definition) is 1. The maximum Gasteiger partial charge on any atom is 0.264 e. The molecule has 0 radical (unpaired) electrons. The third kappa shape index (κ3) is 1.86. The molecule has 18 heavy (non-hydrogen) atoms. The summed E-state index contributed by atoms with van der Waals surface area (Å²) < 4.78 is 5.70. The number of para-hydroxylation sites is 1. The molecule has 1 fully saturated rings. The van der Waals surface area contributed by atoms with Gasteiger partial charge in [-0.15, -0.1) is 0 Å². The molecule has 1 aromatic carbocycles. The number of likely N-dealkylation sites (tertiary alicyclic amines) is 1. The van der Waals surface area contributed by atoms with Crippen molar-refractivity contribution in [1.82, 2.24) is 4.90 Å². The molecule has 0 aliphatic carbocycles. The Morgan fingerprint density at radius 1 is 1.44 bits per heavy atom. The first-order chi connectivity index (χ1) is 8.79. The summed E-state index contributed by atoms with van der Waals surface area (Å²) >= 11 is 0. The van der Waals surface area contributed by atoms with Crippen LogP contribution in [0.1, 0.15) is 18.4 Å². The molecule has 2 atom stereocenters. The molecule has 2 heterocycles. The van der Waals surface area contributed by atoms with E-state index < -0.39 is 6.10 Å². The lowest BCUT2D eigenvalue weighted by molar-refractivity contribution is -0.139. The molecule has 2 aliphatic rings. The predicted octanol–water partition coefficient (Wildman–Crippen LogP) is 0.973. The molecule has 2 unspecified atom stereocenters. The zero-order valence-electron chi connectivity index (χ0n) is 10.2. The summed E-state index contributed by atoms with van der Waals surface area (Å²) in [6.07, 6.45) is 2.09. The summed E-state index contributed by atoms with van der Waals surface area (Å²) in [5.41, 5.74) is 1.09. The van der Waals surface area contributed by atoms with Crippen molar-refractivity contribution in [3.63, 3.8) is 0 Å². The zero-order chi connectivity index (χ0) is 12.5. The fourth-order valence-corrected chi connectivity index (χ4v) is 2.82. The summed E-state index contributed by atoms with van der Waals surface area (Å²) in [5.74, 6) is 0.832. The molecule has 4 nitrogen and oxygen atoms in total. The molecule has 0 bridgehead atoms. The van der Waals surface area contributed by atoms with Crippen LogP contribution < -0.4 is 4.74 Å². The Labute approximate surface area is 106 Å². The third-order valence-corrected chi connectivity index (χ3v) is 3.79. The average molecular weight is 247 g/mol. The van der Waals surface area contributed by atoms with E-state index in [9.17, 15) is 9.90 Å². The number of benzene rings is 1. The Morgan fingerprint density at radius 3 is 3.06 bits per heavy atom. The number of aliphatic hydroxyl groups excluding tert-OH is 1. The van der Waals surface area contributed by atoms with E-state index in [-0.39, 0.29) is 18.6 Å². The van der Waals surface area contributed by atoms with E-state index in [1.54, 1.807) is 4.90 Å². The van der Waals surface area contributed by atoms with Gasteiger partial charge >= 0.3 is 0 Å². The summed E-state index contributed by atoms with van der Waals surface area (Å²) in [4.78, 5) is 14.1. The minimum atomic E-state index is -0.408. The first-order valence-electron chi connectivity index (χ1n) is 6.45. The van der Waals surface area contributed by atoms with Gasteiger partial charge in [0.25, 0.3) is 5.91 Å². The van der Waals surface area contributed by atoms with Crippen molar-refractivity contribution in [1.29, 1.82) is 0 Å². The summed E-state index contributed by atoms with van der Waals surface area (Å²) in [6.45, 7) is 0.783. The van der Waals surface area contributed by atoms with E-state index in [1.165, 1.54) is 0 Å². The molecule has 1 N–H and O–H groups in total. The summed E-state index contributed by atoms with van der Waals surface area (Å²) in [6, 6.07) is 7.75.